The zero-order chi connectivity index (χ0) is 17.6. The van der Waals surface area contributed by atoms with Gasteiger partial charge in [0.1, 0.15) is 5.69 Å². The molecule has 24 heavy (non-hydrogen) atoms. The summed E-state index contributed by atoms with van der Waals surface area (Å²) in [4.78, 5) is 53.0. The minimum atomic E-state index is -0.706. The quantitative estimate of drug-likeness (QED) is 0.570. The number of aromatic nitrogens is 4. The standard InChI is InChI=1S/C15H13N5O4/c1-8-13(23)20(19(9(2)21)10(3)22)15-16-12-7-5-4-6-11(12)14(24)18(15)17-8/h4-7H,1-3H3. The van der Waals surface area contributed by atoms with Gasteiger partial charge in [-0.3, -0.25) is 19.2 Å². The van der Waals surface area contributed by atoms with Gasteiger partial charge in [-0.25, -0.2) is 4.98 Å². The van der Waals surface area contributed by atoms with E-state index in [-0.39, 0.29) is 11.5 Å². The molecule has 2 heterocycles. The summed E-state index contributed by atoms with van der Waals surface area (Å²) in [5.41, 5.74) is -0.926. The van der Waals surface area contributed by atoms with Crippen molar-refractivity contribution in [2.45, 2.75) is 20.8 Å². The number of imide groups is 1. The van der Waals surface area contributed by atoms with Crippen LogP contribution in [0.2, 0.25) is 0 Å². The molecule has 0 radical (unpaired) electrons. The highest BCUT2D eigenvalue weighted by atomic mass is 16.2. The van der Waals surface area contributed by atoms with Crippen molar-refractivity contribution in [2.75, 3.05) is 5.01 Å². The second-order valence-corrected chi connectivity index (χ2v) is 5.20. The molecule has 3 aromatic rings. The second kappa shape index (κ2) is 5.37. The van der Waals surface area contributed by atoms with Gasteiger partial charge < -0.3 is 0 Å². The minimum Gasteiger partial charge on any atom is -0.273 e. The average molecular weight is 327 g/mol. The van der Waals surface area contributed by atoms with Crippen molar-refractivity contribution in [3.05, 3.63) is 50.7 Å². The van der Waals surface area contributed by atoms with E-state index in [1.54, 1.807) is 24.3 Å². The number of fused-ring (bicyclic) bond motifs is 2. The fourth-order valence-corrected chi connectivity index (χ4v) is 2.46. The van der Waals surface area contributed by atoms with Crippen LogP contribution in [0.1, 0.15) is 19.5 Å². The zero-order valence-corrected chi connectivity index (χ0v) is 13.2. The third-order valence-electron chi connectivity index (χ3n) is 3.47. The van der Waals surface area contributed by atoms with Crippen LogP contribution in [0.4, 0.5) is 0 Å². The summed E-state index contributed by atoms with van der Waals surface area (Å²) in [5.74, 6) is -1.57. The van der Waals surface area contributed by atoms with Crippen LogP contribution in [0.15, 0.2) is 33.9 Å². The summed E-state index contributed by atoms with van der Waals surface area (Å²) in [5, 5.41) is 4.89. The molecule has 0 aliphatic rings. The Bertz CT molecular complexity index is 1110. The molecule has 0 atom stereocenters. The van der Waals surface area contributed by atoms with Crippen LogP contribution in [-0.4, -0.2) is 31.1 Å². The molecule has 0 fully saturated rings. The highest BCUT2D eigenvalue weighted by Crippen LogP contribution is 2.08. The molecule has 9 heteroatoms. The summed E-state index contributed by atoms with van der Waals surface area (Å²) in [7, 11) is 0. The summed E-state index contributed by atoms with van der Waals surface area (Å²) < 4.78 is 1.69. The van der Waals surface area contributed by atoms with Crippen molar-refractivity contribution < 1.29 is 9.59 Å². The molecule has 0 aliphatic carbocycles. The zero-order valence-electron chi connectivity index (χ0n) is 13.2. The SMILES string of the molecule is CC(=O)N(C(C)=O)n1c(=O)c(C)nn2c(=O)c3ccccc3nc12. The first-order chi connectivity index (χ1) is 11.3. The fraction of sp³-hybridized carbons (Fsp3) is 0.200. The molecule has 9 nitrogen and oxygen atoms in total. The normalized spacial score (nSPS) is 11.0. The van der Waals surface area contributed by atoms with E-state index in [1.807, 2.05) is 0 Å². The molecule has 2 amide bonds. The molecule has 0 spiro atoms. The van der Waals surface area contributed by atoms with Gasteiger partial charge in [0, 0.05) is 13.8 Å². The Morgan fingerprint density at radius 2 is 1.67 bits per heavy atom. The molecule has 0 unspecified atom stereocenters. The Balaban J connectivity index is 2.59. The van der Waals surface area contributed by atoms with Crippen LogP contribution in [0.5, 0.6) is 0 Å². The molecule has 0 N–H and O–H groups in total. The number of nitrogens with zero attached hydrogens (tertiary/aromatic N) is 5. The highest BCUT2D eigenvalue weighted by molar-refractivity contribution is 6.06. The van der Waals surface area contributed by atoms with Crippen molar-refractivity contribution in [1.29, 1.82) is 0 Å². The first-order valence-electron chi connectivity index (χ1n) is 7.06. The van der Waals surface area contributed by atoms with E-state index in [2.05, 4.69) is 10.1 Å². The molecular formula is C15H13N5O4. The molecule has 0 saturated heterocycles. The van der Waals surface area contributed by atoms with Crippen LogP contribution in [0.25, 0.3) is 16.7 Å². The van der Waals surface area contributed by atoms with Crippen LogP contribution < -0.4 is 16.1 Å². The van der Waals surface area contributed by atoms with Gasteiger partial charge in [0.2, 0.25) is 11.8 Å². The molecular weight excluding hydrogens is 314 g/mol. The number of amides is 2. The van der Waals surface area contributed by atoms with Gasteiger partial charge in [0.15, 0.2) is 0 Å². The van der Waals surface area contributed by atoms with Crippen LogP contribution in [0.3, 0.4) is 0 Å². The monoisotopic (exact) mass is 327 g/mol. The lowest BCUT2D eigenvalue weighted by Crippen LogP contribution is -2.50. The van der Waals surface area contributed by atoms with Gasteiger partial charge in [-0.1, -0.05) is 12.1 Å². The minimum absolute atomic E-state index is 0.0471. The number of aryl methyl sites for hydroxylation is 1. The number of para-hydroxylation sites is 1. The fourth-order valence-electron chi connectivity index (χ4n) is 2.46. The molecule has 122 valence electrons. The number of hydrogen-bond acceptors (Lipinski definition) is 6. The summed E-state index contributed by atoms with van der Waals surface area (Å²) in [6.45, 7) is 3.66. The first-order valence-corrected chi connectivity index (χ1v) is 7.06. The van der Waals surface area contributed by atoms with E-state index >= 15 is 0 Å². The molecule has 0 saturated carbocycles. The second-order valence-electron chi connectivity index (χ2n) is 5.20. The largest absolute Gasteiger partial charge is 0.296 e. The lowest BCUT2D eigenvalue weighted by molar-refractivity contribution is -0.126. The van der Waals surface area contributed by atoms with Crippen LogP contribution in [0, 0.1) is 6.92 Å². The van der Waals surface area contributed by atoms with Crippen molar-refractivity contribution in [3.63, 3.8) is 0 Å². The molecule has 2 aromatic heterocycles. The van der Waals surface area contributed by atoms with E-state index in [0.717, 1.165) is 23.0 Å². The third kappa shape index (κ3) is 2.18. The molecule has 0 aliphatic heterocycles. The third-order valence-corrected chi connectivity index (χ3v) is 3.47. The maximum absolute atomic E-state index is 12.6. The maximum atomic E-state index is 12.6. The topological polar surface area (TPSA) is 107 Å². The first kappa shape index (κ1) is 15.5. The molecule has 1 aromatic carbocycles. The lowest BCUT2D eigenvalue weighted by atomic mass is 10.2. The Hall–Kier alpha value is -3.36. The van der Waals surface area contributed by atoms with E-state index in [4.69, 9.17) is 0 Å². The van der Waals surface area contributed by atoms with Crippen LogP contribution >= 0.6 is 0 Å². The predicted molar refractivity (Wildman–Crippen MR) is 85.3 cm³/mol. The Morgan fingerprint density at radius 1 is 1.04 bits per heavy atom. The van der Waals surface area contributed by atoms with Gasteiger partial charge in [-0.2, -0.15) is 19.3 Å². The van der Waals surface area contributed by atoms with Crippen molar-refractivity contribution in [3.8, 4) is 0 Å². The predicted octanol–water partition coefficient (Wildman–Crippen LogP) is -0.256. The molecule has 3 rings (SSSR count). The Labute approximate surface area is 134 Å². The number of rotatable bonds is 1. The Kier molecular flexibility index (Phi) is 3.48. The van der Waals surface area contributed by atoms with E-state index in [9.17, 15) is 19.2 Å². The summed E-state index contributed by atoms with van der Waals surface area (Å²) >= 11 is 0. The number of hydrogen-bond donors (Lipinski definition) is 0. The van der Waals surface area contributed by atoms with Gasteiger partial charge in [0.05, 0.1) is 10.9 Å². The van der Waals surface area contributed by atoms with E-state index in [0.29, 0.717) is 15.9 Å². The van der Waals surface area contributed by atoms with E-state index in [1.165, 1.54) is 6.92 Å². The van der Waals surface area contributed by atoms with Gasteiger partial charge in [0.25, 0.3) is 16.9 Å². The highest BCUT2D eigenvalue weighted by Gasteiger charge is 2.23. The van der Waals surface area contributed by atoms with Gasteiger partial charge in [-0.05, 0) is 19.1 Å². The van der Waals surface area contributed by atoms with Gasteiger partial charge in [-0.15, -0.1) is 0 Å². The van der Waals surface area contributed by atoms with Gasteiger partial charge >= 0.3 is 0 Å². The summed E-state index contributed by atoms with van der Waals surface area (Å²) in [6.07, 6.45) is 0. The number of carbonyl (C=O) groups excluding carboxylic acids is 2. The van der Waals surface area contributed by atoms with Crippen molar-refractivity contribution in [2.24, 2.45) is 0 Å². The number of benzene rings is 1. The smallest absolute Gasteiger partial charge is 0.273 e. The summed E-state index contributed by atoms with van der Waals surface area (Å²) in [6, 6.07) is 6.54. The number of carbonyl (C=O) groups is 2. The molecule has 0 bridgehead atoms. The van der Waals surface area contributed by atoms with Crippen molar-refractivity contribution >= 4 is 28.5 Å². The Morgan fingerprint density at radius 3 is 2.29 bits per heavy atom. The average Bonchev–Trinajstić information content (AvgIpc) is 2.52. The van der Waals surface area contributed by atoms with E-state index < -0.39 is 22.9 Å². The maximum Gasteiger partial charge on any atom is 0.296 e. The lowest BCUT2D eigenvalue weighted by Gasteiger charge is -2.20. The van der Waals surface area contributed by atoms with Crippen LogP contribution in [-0.2, 0) is 9.59 Å². The van der Waals surface area contributed by atoms with Crippen molar-refractivity contribution in [1.82, 2.24) is 19.3 Å².